The zero-order chi connectivity index (χ0) is 12.6. The summed E-state index contributed by atoms with van der Waals surface area (Å²) < 4.78 is 3.67. The number of nitrogens with one attached hydrogen (secondary N) is 2. The van der Waals surface area contributed by atoms with Gasteiger partial charge in [0.2, 0.25) is 0 Å². The predicted molar refractivity (Wildman–Crippen MR) is 71.7 cm³/mol. The van der Waals surface area contributed by atoms with E-state index >= 15 is 0 Å². The Morgan fingerprint density at radius 1 is 1.28 bits per heavy atom. The molecule has 2 rings (SSSR count). The first-order valence-corrected chi connectivity index (χ1v) is 7.42. The lowest BCUT2D eigenvalue weighted by molar-refractivity contribution is 0.0957. The lowest BCUT2D eigenvalue weighted by atomic mass is 10.1. The van der Waals surface area contributed by atoms with Gasteiger partial charge in [-0.05, 0) is 24.4 Å². The molecule has 1 aromatic rings. The number of hydrogen-bond acceptors (Lipinski definition) is 5. The molecule has 1 aliphatic carbocycles. The molecule has 0 atom stereocenters. The van der Waals surface area contributed by atoms with Crippen LogP contribution >= 0.6 is 11.5 Å². The van der Waals surface area contributed by atoms with Gasteiger partial charge in [-0.15, -0.1) is 5.10 Å². The molecule has 1 aromatic heterocycles. The van der Waals surface area contributed by atoms with Crippen LogP contribution < -0.4 is 10.6 Å². The molecule has 5 nitrogen and oxygen atoms in total. The van der Waals surface area contributed by atoms with E-state index < -0.39 is 0 Å². The lowest BCUT2D eigenvalue weighted by Gasteiger charge is -2.16. The SMILES string of the molecule is O=C(NCCNC1CCCCCC1)c1cnns1. The average Bonchev–Trinajstić information content (AvgIpc) is 2.80. The Morgan fingerprint density at radius 2 is 2.06 bits per heavy atom. The smallest absolute Gasteiger partial charge is 0.264 e. The number of amides is 1. The van der Waals surface area contributed by atoms with Crippen LogP contribution in [0.15, 0.2) is 6.20 Å². The second-order valence-electron chi connectivity index (χ2n) is 4.68. The van der Waals surface area contributed by atoms with Crippen LogP contribution in [0.1, 0.15) is 48.2 Å². The van der Waals surface area contributed by atoms with Crippen LogP contribution in [0, 0.1) is 0 Å². The van der Waals surface area contributed by atoms with Gasteiger partial charge < -0.3 is 10.6 Å². The molecule has 0 saturated heterocycles. The van der Waals surface area contributed by atoms with Crippen molar-refractivity contribution in [2.45, 2.75) is 44.6 Å². The maximum Gasteiger partial charge on any atom is 0.264 e. The molecular weight excluding hydrogens is 248 g/mol. The Labute approximate surface area is 112 Å². The van der Waals surface area contributed by atoms with Crippen molar-refractivity contribution in [2.24, 2.45) is 0 Å². The van der Waals surface area contributed by atoms with Gasteiger partial charge in [0.15, 0.2) is 0 Å². The third kappa shape index (κ3) is 4.34. The fourth-order valence-electron chi connectivity index (χ4n) is 2.29. The van der Waals surface area contributed by atoms with Crippen molar-refractivity contribution < 1.29 is 4.79 Å². The highest BCUT2D eigenvalue weighted by Crippen LogP contribution is 2.16. The second-order valence-corrected chi connectivity index (χ2v) is 5.47. The average molecular weight is 268 g/mol. The number of aromatic nitrogens is 2. The zero-order valence-electron chi connectivity index (χ0n) is 10.5. The molecule has 1 fully saturated rings. The fraction of sp³-hybridized carbons (Fsp3) is 0.750. The van der Waals surface area contributed by atoms with Gasteiger partial charge in [-0.3, -0.25) is 4.79 Å². The third-order valence-corrected chi connectivity index (χ3v) is 3.95. The first-order chi connectivity index (χ1) is 8.86. The summed E-state index contributed by atoms with van der Waals surface area (Å²) in [6.07, 6.45) is 9.44. The Kier molecular flexibility index (Phi) is 5.54. The highest BCUT2D eigenvalue weighted by Gasteiger charge is 2.11. The fourth-order valence-corrected chi connectivity index (χ4v) is 2.72. The van der Waals surface area contributed by atoms with E-state index in [0.29, 0.717) is 17.5 Å². The summed E-state index contributed by atoms with van der Waals surface area (Å²) in [7, 11) is 0. The molecule has 1 heterocycles. The second kappa shape index (κ2) is 7.43. The minimum Gasteiger partial charge on any atom is -0.350 e. The van der Waals surface area contributed by atoms with Gasteiger partial charge >= 0.3 is 0 Å². The van der Waals surface area contributed by atoms with Crippen LogP contribution in [0.4, 0.5) is 0 Å². The van der Waals surface area contributed by atoms with E-state index in [2.05, 4.69) is 20.2 Å². The first-order valence-electron chi connectivity index (χ1n) is 6.65. The number of nitrogens with zero attached hydrogens (tertiary/aromatic N) is 2. The van der Waals surface area contributed by atoms with Crippen LogP contribution in [-0.2, 0) is 0 Å². The molecule has 0 unspecified atom stereocenters. The quantitative estimate of drug-likeness (QED) is 0.628. The van der Waals surface area contributed by atoms with E-state index in [1.54, 1.807) is 0 Å². The van der Waals surface area contributed by atoms with Crippen LogP contribution in [0.25, 0.3) is 0 Å². The molecule has 0 bridgehead atoms. The highest BCUT2D eigenvalue weighted by atomic mass is 32.1. The van der Waals surface area contributed by atoms with Crippen molar-refractivity contribution in [1.29, 1.82) is 0 Å². The minimum atomic E-state index is -0.0762. The van der Waals surface area contributed by atoms with Gasteiger partial charge in [0.1, 0.15) is 4.88 Å². The maximum atomic E-state index is 11.6. The summed E-state index contributed by atoms with van der Waals surface area (Å²) in [4.78, 5) is 12.2. The van der Waals surface area contributed by atoms with Gasteiger partial charge in [-0.25, -0.2) is 0 Å². The predicted octanol–water partition coefficient (Wildman–Crippen LogP) is 1.58. The van der Waals surface area contributed by atoms with E-state index in [9.17, 15) is 4.79 Å². The van der Waals surface area contributed by atoms with E-state index in [0.717, 1.165) is 18.1 Å². The largest absolute Gasteiger partial charge is 0.350 e. The Bertz CT molecular complexity index is 347. The summed E-state index contributed by atoms with van der Waals surface area (Å²) >= 11 is 1.13. The lowest BCUT2D eigenvalue weighted by Crippen LogP contribution is -2.36. The molecule has 0 radical (unpaired) electrons. The zero-order valence-corrected chi connectivity index (χ0v) is 11.3. The highest BCUT2D eigenvalue weighted by molar-refractivity contribution is 7.07. The number of carbonyl (C=O) groups is 1. The molecule has 1 aliphatic rings. The number of carbonyl (C=O) groups excluding carboxylic acids is 1. The molecule has 100 valence electrons. The van der Waals surface area contributed by atoms with E-state index in [4.69, 9.17) is 0 Å². The van der Waals surface area contributed by atoms with Crippen molar-refractivity contribution in [3.05, 3.63) is 11.1 Å². The molecule has 6 heteroatoms. The van der Waals surface area contributed by atoms with Crippen LogP contribution in [0.5, 0.6) is 0 Å². The van der Waals surface area contributed by atoms with Gasteiger partial charge in [-0.2, -0.15) is 0 Å². The number of rotatable bonds is 5. The monoisotopic (exact) mass is 268 g/mol. The molecule has 2 N–H and O–H groups in total. The summed E-state index contributed by atoms with van der Waals surface area (Å²) in [6.45, 7) is 1.50. The number of hydrogen-bond donors (Lipinski definition) is 2. The topological polar surface area (TPSA) is 66.9 Å². The molecular formula is C12H20N4OS. The Hall–Kier alpha value is -1.01. The van der Waals surface area contributed by atoms with Crippen LogP contribution in [0.3, 0.4) is 0 Å². The molecule has 1 amide bonds. The van der Waals surface area contributed by atoms with Crippen molar-refractivity contribution in [3.8, 4) is 0 Å². The minimum absolute atomic E-state index is 0.0762. The van der Waals surface area contributed by atoms with Crippen LogP contribution in [-0.4, -0.2) is 34.6 Å². The van der Waals surface area contributed by atoms with E-state index in [1.165, 1.54) is 44.7 Å². The van der Waals surface area contributed by atoms with Crippen molar-refractivity contribution in [2.75, 3.05) is 13.1 Å². The van der Waals surface area contributed by atoms with Crippen molar-refractivity contribution in [3.63, 3.8) is 0 Å². The summed E-state index contributed by atoms with van der Waals surface area (Å²) in [5, 5.41) is 10.0. The van der Waals surface area contributed by atoms with Crippen LogP contribution in [0.2, 0.25) is 0 Å². The Morgan fingerprint density at radius 3 is 2.72 bits per heavy atom. The van der Waals surface area contributed by atoms with Gasteiger partial charge in [-0.1, -0.05) is 30.2 Å². The molecule has 0 spiro atoms. The maximum absolute atomic E-state index is 11.6. The van der Waals surface area contributed by atoms with E-state index in [-0.39, 0.29) is 5.91 Å². The molecule has 1 saturated carbocycles. The van der Waals surface area contributed by atoms with Gasteiger partial charge in [0.25, 0.3) is 5.91 Å². The Balaban J connectivity index is 1.59. The van der Waals surface area contributed by atoms with Crippen molar-refractivity contribution in [1.82, 2.24) is 20.2 Å². The van der Waals surface area contributed by atoms with E-state index in [1.807, 2.05) is 0 Å². The standard InChI is InChI=1S/C12H20N4OS/c17-12(11-9-15-16-18-11)14-8-7-13-10-5-3-1-2-4-6-10/h9-10,13H,1-8H2,(H,14,17). The first kappa shape index (κ1) is 13.4. The van der Waals surface area contributed by atoms with Gasteiger partial charge in [0.05, 0.1) is 6.20 Å². The molecule has 0 aliphatic heterocycles. The van der Waals surface area contributed by atoms with Crippen molar-refractivity contribution >= 4 is 17.4 Å². The van der Waals surface area contributed by atoms with Gasteiger partial charge in [0, 0.05) is 19.1 Å². The summed E-state index contributed by atoms with van der Waals surface area (Å²) in [5.74, 6) is -0.0762. The molecule has 18 heavy (non-hydrogen) atoms. The molecule has 0 aromatic carbocycles. The normalized spacial score (nSPS) is 17.3. The summed E-state index contributed by atoms with van der Waals surface area (Å²) in [6, 6.07) is 0.634. The third-order valence-electron chi connectivity index (χ3n) is 3.28. The summed E-state index contributed by atoms with van der Waals surface area (Å²) in [5.41, 5.74) is 0.